The number of hydrogen-bond acceptors (Lipinski definition) is 3. The molecule has 1 aromatic carbocycles. The van der Waals surface area contributed by atoms with Crippen molar-refractivity contribution in [1.82, 2.24) is 10.6 Å². The molecule has 1 saturated heterocycles. The Hall–Kier alpha value is -1.75. The van der Waals surface area contributed by atoms with Crippen LogP contribution in [0.25, 0.3) is 0 Å². The zero-order chi connectivity index (χ0) is 15.1. The number of hydrogen-bond donors (Lipinski definition) is 3. The second-order valence-corrected chi connectivity index (χ2v) is 5.74. The van der Waals surface area contributed by atoms with Crippen LogP contribution in [0.3, 0.4) is 0 Å². The Morgan fingerprint density at radius 1 is 1.43 bits per heavy atom. The van der Waals surface area contributed by atoms with E-state index in [2.05, 4.69) is 27.7 Å². The standard InChI is InChI=1S/C16H25N3O2/c1-13(8-10-20)11-17-16(21)18-14-7-9-19(12-14)15-5-3-2-4-6-15/h2-6,13-14,20H,7-12H2,1H3,(H2,17,18,21). The molecular formula is C16H25N3O2. The van der Waals surface area contributed by atoms with Crippen molar-refractivity contribution in [2.45, 2.75) is 25.8 Å². The van der Waals surface area contributed by atoms with E-state index < -0.39 is 0 Å². The normalized spacial score (nSPS) is 19.3. The first-order chi connectivity index (χ1) is 10.2. The number of rotatable bonds is 6. The number of nitrogens with zero attached hydrogens (tertiary/aromatic N) is 1. The Labute approximate surface area is 126 Å². The molecule has 116 valence electrons. The number of carbonyl (C=O) groups is 1. The number of aliphatic hydroxyl groups excluding tert-OH is 1. The van der Waals surface area contributed by atoms with Gasteiger partial charge in [0.1, 0.15) is 0 Å². The first kappa shape index (κ1) is 15.6. The quantitative estimate of drug-likeness (QED) is 0.745. The molecule has 3 N–H and O–H groups in total. The molecule has 1 aliphatic heterocycles. The fourth-order valence-electron chi connectivity index (χ4n) is 2.58. The lowest BCUT2D eigenvalue weighted by molar-refractivity contribution is 0.231. The average molecular weight is 291 g/mol. The van der Waals surface area contributed by atoms with Crippen LogP contribution in [-0.4, -0.2) is 43.4 Å². The fraction of sp³-hybridized carbons (Fsp3) is 0.562. The Morgan fingerprint density at radius 3 is 2.90 bits per heavy atom. The van der Waals surface area contributed by atoms with Gasteiger partial charge in [-0.15, -0.1) is 0 Å². The number of aliphatic hydroxyl groups is 1. The molecule has 0 aliphatic carbocycles. The maximum atomic E-state index is 11.8. The van der Waals surface area contributed by atoms with Gasteiger partial charge in [0.2, 0.25) is 0 Å². The average Bonchev–Trinajstić information content (AvgIpc) is 2.95. The second kappa shape index (κ2) is 7.88. The van der Waals surface area contributed by atoms with Gasteiger partial charge in [-0.1, -0.05) is 25.1 Å². The van der Waals surface area contributed by atoms with Gasteiger partial charge in [-0.25, -0.2) is 4.79 Å². The van der Waals surface area contributed by atoms with Gasteiger partial charge >= 0.3 is 6.03 Å². The Bertz CT molecular complexity index is 438. The maximum absolute atomic E-state index is 11.8. The number of para-hydroxylation sites is 1. The predicted molar refractivity (Wildman–Crippen MR) is 84.5 cm³/mol. The third-order valence-corrected chi connectivity index (χ3v) is 3.88. The molecule has 0 radical (unpaired) electrons. The van der Waals surface area contributed by atoms with Gasteiger partial charge in [-0.2, -0.15) is 0 Å². The summed E-state index contributed by atoms with van der Waals surface area (Å²) in [6.45, 7) is 4.60. The van der Waals surface area contributed by atoms with E-state index in [0.717, 1.165) is 19.5 Å². The highest BCUT2D eigenvalue weighted by molar-refractivity contribution is 5.74. The van der Waals surface area contributed by atoms with Crippen LogP contribution in [0, 0.1) is 5.92 Å². The van der Waals surface area contributed by atoms with Crippen LogP contribution in [0.5, 0.6) is 0 Å². The minimum atomic E-state index is -0.111. The Morgan fingerprint density at radius 2 is 2.19 bits per heavy atom. The molecule has 2 atom stereocenters. The molecule has 1 aliphatic rings. The number of amides is 2. The van der Waals surface area contributed by atoms with E-state index in [4.69, 9.17) is 5.11 Å². The number of carbonyl (C=O) groups excluding carboxylic acids is 1. The van der Waals surface area contributed by atoms with Gasteiger partial charge in [-0.3, -0.25) is 0 Å². The van der Waals surface area contributed by atoms with Crippen molar-refractivity contribution in [3.63, 3.8) is 0 Å². The molecule has 5 heteroatoms. The van der Waals surface area contributed by atoms with E-state index in [1.54, 1.807) is 0 Å². The molecule has 21 heavy (non-hydrogen) atoms. The summed E-state index contributed by atoms with van der Waals surface area (Å²) in [5.74, 6) is 0.296. The molecular weight excluding hydrogens is 266 g/mol. The zero-order valence-electron chi connectivity index (χ0n) is 12.6. The molecule has 2 rings (SSSR count). The van der Waals surface area contributed by atoms with Crippen LogP contribution in [0.15, 0.2) is 30.3 Å². The highest BCUT2D eigenvalue weighted by atomic mass is 16.3. The van der Waals surface area contributed by atoms with Crippen LogP contribution < -0.4 is 15.5 Å². The molecule has 2 unspecified atom stereocenters. The molecule has 2 amide bonds. The Balaban J connectivity index is 1.71. The molecule has 1 fully saturated rings. The minimum Gasteiger partial charge on any atom is -0.396 e. The van der Waals surface area contributed by atoms with Crippen molar-refractivity contribution < 1.29 is 9.90 Å². The maximum Gasteiger partial charge on any atom is 0.315 e. The van der Waals surface area contributed by atoms with E-state index in [9.17, 15) is 4.79 Å². The smallest absolute Gasteiger partial charge is 0.315 e. The number of benzene rings is 1. The van der Waals surface area contributed by atoms with Crippen molar-refractivity contribution in [3.05, 3.63) is 30.3 Å². The van der Waals surface area contributed by atoms with E-state index in [0.29, 0.717) is 18.9 Å². The highest BCUT2D eigenvalue weighted by Crippen LogP contribution is 2.19. The molecule has 0 saturated carbocycles. The zero-order valence-corrected chi connectivity index (χ0v) is 12.6. The molecule has 5 nitrogen and oxygen atoms in total. The second-order valence-electron chi connectivity index (χ2n) is 5.74. The lowest BCUT2D eigenvalue weighted by Crippen LogP contribution is -2.44. The van der Waals surface area contributed by atoms with Crippen molar-refractivity contribution >= 4 is 11.7 Å². The van der Waals surface area contributed by atoms with Gasteiger partial charge in [0, 0.05) is 38.0 Å². The summed E-state index contributed by atoms with van der Waals surface area (Å²) in [5.41, 5.74) is 1.21. The van der Waals surface area contributed by atoms with Crippen LogP contribution >= 0.6 is 0 Å². The topological polar surface area (TPSA) is 64.6 Å². The minimum absolute atomic E-state index is 0.111. The monoisotopic (exact) mass is 291 g/mol. The lowest BCUT2D eigenvalue weighted by Gasteiger charge is -2.19. The van der Waals surface area contributed by atoms with E-state index in [1.807, 2.05) is 25.1 Å². The number of nitrogens with one attached hydrogen (secondary N) is 2. The Kier molecular flexibility index (Phi) is 5.87. The molecule has 0 bridgehead atoms. The fourth-order valence-corrected chi connectivity index (χ4v) is 2.58. The summed E-state index contributed by atoms with van der Waals surface area (Å²) < 4.78 is 0. The lowest BCUT2D eigenvalue weighted by atomic mass is 10.1. The van der Waals surface area contributed by atoms with Crippen LogP contribution in [0.4, 0.5) is 10.5 Å². The van der Waals surface area contributed by atoms with Gasteiger partial charge < -0.3 is 20.6 Å². The number of urea groups is 1. The number of anilines is 1. The van der Waals surface area contributed by atoms with Crippen molar-refractivity contribution in [3.8, 4) is 0 Å². The molecule has 1 aromatic rings. The third kappa shape index (κ3) is 4.93. The van der Waals surface area contributed by atoms with Crippen LogP contribution in [0.2, 0.25) is 0 Å². The van der Waals surface area contributed by atoms with Gasteiger partial charge in [0.15, 0.2) is 0 Å². The summed E-state index contributed by atoms with van der Waals surface area (Å²) in [6.07, 6.45) is 1.68. The van der Waals surface area contributed by atoms with Crippen molar-refractivity contribution in [1.29, 1.82) is 0 Å². The van der Waals surface area contributed by atoms with Crippen molar-refractivity contribution in [2.75, 3.05) is 31.1 Å². The molecule has 1 heterocycles. The van der Waals surface area contributed by atoms with E-state index >= 15 is 0 Å². The summed E-state index contributed by atoms with van der Waals surface area (Å²) in [7, 11) is 0. The van der Waals surface area contributed by atoms with Gasteiger partial charge in [0.25, 0.3) is 0 Å². The van der Waals surface area contributed by atoms with Crippen LogP contribution in [0.1, 0.15) is 19.8 Å². The van der Waals surface area contributed by atoms with E-state index in [1.165, 1.54) is 5.69 Å². The van der Waals surface area contributed by atoms with Gasteiger partial charge in [-0.05, 0) is 30.9 Å². The summed E-state index contributed by atoms with van der Waals surface area (Å²) in [5, 5.41) is 14.7. The predicted octanol–water partition coefficient (Wildman–Crippen LogP) is 1.58. The molecule has 0 spiro atoms. The SMILES string of the molecule is CC(CCO)CNC(=O)NC1CCN(c2ccccc2)C1. The third-order valence-electron chi connectivity index (χ3n) is 3.88. The summed E-state index contributed by atoms with van der Waals surface area (Å²) in [4.78, 5) is 14.1. The summed E-state index contributed by atoms with van der Waals surface area (Å²) in [6, 6.07) is 10.4. The summed E-state index contributed by atoms with van der Waals surface area (Å²) >= 11 is 0. The van der Waals surface area contributed by atoms with Gasteiger partial charge in [0.05, 0.1) is 0 Å². The van der Waals surface area contributed by atoms with E-state index in [-0.39, 0.29) is 18.7 Å². The van der Waals surface area contributed by atoms with Crippen LogP contribution in [-0.2, 0) is 0 Å². The largest absolute Gasteiger partial charge is 0.396 e. The first-order valence-corrected chi connectivity index (χ1v) is 7.64. The highest BCUT2D eigenvalue weighted by Gasteiger charge is 2.23. The van der Waals surface area contributed by atoms with Crippen molar-refractivity contribution in [2.24, 2.45) is 5.92 Å². The first-order valence-electron chi connectivity index (χ1n) is 7.64. The molecule has 0 aromatic heterocycles.